The van der Waals surface area contributed by atoms with E-state index < -0.39 is 0 Å². The van der Waals surface area contributed by atoms with Gasteiger partial charge in [-0.1, -0.05) is 0 Å². The van der Waals surface area contributed by atoms with Gasteiger partial charge < -0.3 is 18.4 Å². The van der Waals surface area contributed by atoms with Gasteiger partial charge >= 0.3 is 0 Å². The van der Waals surface area contributed by atoms with Crippen molar-refractivity contribution in [2.45, 2.75) is 27.7 Å². The Morgan fingerprint density at radius 3 is 1.17 bits per heavy atom. The van der Waals surface area contributed by atoms with Crippen LogP contribution >= 0.6 is 0 Å². The first kappa shape index (κ1) is 20.8. The zero-order valence-corrected chi connectivity index (χ0v) is 16.7. The third-order valence-corrected chi connectivity index (χ3v) is 5.68. The van der Waals surface area contributed by atoms with E-state index in [1.807, 2.05) is 24.3 Å². The van der Waals surface area contributed by atoms with Gasteiger partial charge in [-0.05, 0) is 52.0 Å². The second-order valence-electron chi connectivity index (χ2n) is 7.12. The average Bonchev–Trinajstić information content (AvgIpc) is 2.62. The van der Waals surface area contributed by atoms with Crippen LogP contribution < -0.4 is 9.47 Å². The third-order valence-electron chi connectivity index (χ3n) is 5.68. The Labute approximate surface area is 149 Å². The Bertz CT molecular complexity index is 408. The molecule has 0 aliphatic carbocycles. The molecule has 0 spiro atoms. The molecule has 0 bridgehead atoms. The van der Waals surface area contributed by atoms with E-state index in [9.17, 15) is 0 Å². The van der Waals surface area contributed by atoms with Crippen LogP contribution in [0.4, 0.5) is 0 Å². The molecule has 0 saturated carbocycles. The van der Waals surface area contributed by atoms with Gasteiger partial charge in [0.1, 0.15) is 37.8 Å². The quantitative estimate of drug-likeness (QED) is 0.544. The molecule has 138 valence electrons. The minimum atomic E-state index is 0.751. The standard InChI is InChI=1S/C20H38N2O2/c1-7-21(5,8-2)15-17-23-19-11-13-20(14-12-19)24-18-16-22(6,9-3)10-4/h11-14H,7-10,15-18H2,1-6H3/q+2. The maximum absolute atomic E-state index is 5.88. The number of likely N-dealkylation sites (N-methyl/N-ethyl adjacent to an activating group) is 2. The van der Waals surface area contributed by atoms with Crippen LogP contribution in [0.5, 0.6) is 11.5 Å². The van der Waals surface area contributed by atoms with Crippen LogP contribution in [0.3, 0.4) is 0 Å². The summed E-state index contributed by atoms with van der Waals surface area (Å²) < 4.78 is 13.9. The number of rotatable bonds is 12. The van der Waals surface area contributed by atoms with Gasteiger partial charge in [0.2, 0.25) is 0 Å². The lowest BCUT2D eigenvalue weighted by Crippen LogP contribution is -2.46. The maximum Gasteiger partial charge on any atom is 0.137 e. The van der Waals surface area contributed by atoms with Crippen molar-refractivity contribution in [2.24, 2.45) is 0 Å². The molecule has 0 amide bonds. The second kappa shape index (κ2) is 9.90. The van der Waals surface area contributed by atoms with E-state index in [4.69, 9.17) is 9.47 Å². The van der Waals surface area contributed by atoms with Crippen LogP contribution in [0.25, 0.3) is 0 Å². The van der Waals surface area contributed by atoms with E-state index in [1.165, 1.54) is 0 Å². The molecule has 4 nitrogen and oxygen atoms in total. The number of hydrogen-bond acceptors (Lipinski definition) is 2. The van der Waals surface area contributed by atoms with Crippen LogP contribution in [0, 0.1) is 0 Å². The van der Waals surface area contributed by atoms with Gasteiger partial charge in [0, 0.05) is 0 Å². The smallest absolute Gasteiger partial charge is 0.137 e. The molecule has 0 aromatic heterocycles. The van der Waals surface area contributed by atoms with Crippen LogP contribution in [0.2, 0.25) is 0 Å². The zero-order valence-electron chi connectivity index (χ0n) is 16.7. The molecule has 0 heterocycles. The number of nitrogens with zero attached hydrogens (tertiary/aromatic N) is 2. The van der Waals surface area contributed by atoms with Crippen molar-refractivity contribution in [3.63, 3.8) is 0 Å². The second-order valence-corrected chi connectivity index (χ2v) is 7.12. The summed E-state index contributed by atoms with van der Waals surface area (Å²) in [6, 6.07) is 8.02. The van der Waals surface area contributed by atoms with Gasteiger partial charge in [-0.3, -0.25) is 0 Å². The van der Waals surface area contributed by atoms with E-state index in [1.54, 1.807) is 0 Å². The highest BCUT2D eigenvalue weighted by Crippen LogP contribution is 2.18. The first-order valence-corrected chi connectivity index (χ1v) is 9.43. The summed E-state index contributed by atoms with van der Waals surface area (Å²) in [5.74, 6) is 1.84. The predicted molar refractivity (Wildman–Crippen MR) is 102 cm³/mol. The summed E-state index contributed by atoms with van der Waals surface area (Å²) in [6.07, 6.45) is 0. The van der Waals surface area contributed by atoms with E-state index in [0.29, 0.717) is 0 Å². The summed E-state index contributed by atoms with van der Waals surface area (Å²) in [7, 11) is 4.55. The van der Waals surface area contributed by atoms with E-state index in [-0.39, 0.29) is 0 Å². The van der Waals surface area contributed by atoms with Gasteiger partial charge in [-0.15, -0.1) is 0 Å². The Hall–Kier alpha value is -1.26. The van der Waals surface area contributed by atoms with Gasteiger partial charge in [0.15, 0.2) is 0 Å². The Kier molecular flexibility index (Phi) is 8.57. The zero-order chi connectivity index (χ0) is 18.1. The minimum Gasteiger partial charge on any atom is -0.488 e. The number of benzene rings is 1. The normalized spacial score (nSPS) is 12.2. The lowest BCUT2D eigenvalue weighted by molar-refractivity contribution is -0.906. The highest BCUT2D eigenvalue weighted by molar-refractivity contribution is 5.31. The number of quaternary nitrogens is 2. The van der Waals surface area contributed by atoms with Gasteiger partial charge in [0.25, 0.3) is 0 Å². The third kappa shape index (κ3) is 6.70. The van der Waals surface area contributed by atoms with Gasteiger partial charge in [0.05, 0.1) is 40.3 Å². The fraction of sp³-hybridized carbons (Fsp3) is 0.700. The molecule has 0 aliphatic rings. The molecule has 0 unspecified atom stereocenters. The van der Waals surface area contributed by atoms with E-state index in [0.717, 1.165) is 72.9 Å². The van der Waals surface area contributed by atoms with Gasteiger partial charge in [-0.25, -0.2) is 0 Å². The summed E-state index contributed by atoms with van der Waals surface area (Å²) in [5, 5.41) is 0. The summed E-state index contributed by atoms with van der Waals surface area (Å²) in [6.45, 7) is 17.1. The van der Waals surface area contributed by atoms with Crippen LogP contribution in [0.15, 0.2) is 24.3 Å². The van der Waals surface area contributed by atoms with Crippen molar-refractivity contribution in [3.05, 3.63) is 24.3 Å². The van der Waals surface area contributed by atoms with Crippen molar-refractivity contribution >= 4 is 0 Å². The van der Waals surface area contributed by atoms with E-state index in [2.05, 4.69) is 41.8 Å². The Balaban J connectivity index is 2.38. The molecule has 1 rings (SSSR count). The largest absolute Gasteiger partial charge is 0.488 e. The lowest BCUT2D eigenvalue weighted by Gasteiger charge is -2.32. The molecule has 1 aromatic carbocycles. The van der Waals surface area contributed by atoms with Crippen molar-refractivity contribution in [1.29, 1.82) is 0 Å². The van der Waals surface area contributed by atoms with Crippen molar-refractivity contribution in [2.75, 3.05) is 66.6 Å². The summed E-state index contributed by atoms with van der Waals surface area (Å²) in [5.41, 5.74) is 0. The van der Waals surface area contributed by atoms with Crippen LogP contribution in [-0.4, -0.2) is 75.5 Å². The molecule has 0 N–H and O–H groups in total. The Morgan fingerprint density at radius 2 is 0.917 bits per heavy atom. The van der Waals surface area contributed by atoms with Crippen LogP contribution in [-0.2, 0) is 0 Å². The maximum atomic E-state index is 5.88. The molecule has 24 heavy (non-hydrogen) atoms. The molecular weight excluding hydrogens is 300 g/mol. The Morgan fingerprint density at radius 1 is 0.625 bits per heavy atom. The minimum absolute atomic E-state index is 0.751. The van der Waals surface area contributed by atoms with Crippen LogP contribution in [0.1, 0.15) is 27.7 Å². The predicted octanol–water partition coefficient (Wildman–Crippen LogP) is 3.42. The van der Waals surface area contributed by atoms with E-state index >= 15 is 0 Å². The molecule has 0 aliphatic heterocycles. The molecule has 0 radical (unpaired) electrons. The fourth-order valence-corrected chi connectivity index (χ4v) is 2.48. The number of hydrogen-bond donors (Lipinski definition) is 0. The molecule has 1 aromatic rings. The highest BCUT2D eigenvalue weighted by atomic mass is 16.5. The fourth-order valence-electron chi connectivity index (χ4n) is 2.48. The SMILES string of the molecule is CC[N+](C)(CC)CCOc1ccc(OCC[N+](C)(CC)CC)cc1. The summed E-state index contributed by atoms with van der Waals surface area (Å²) >= 11 is 0. The average molecular weight is 339 g/mol. The summed E-state index contributed by atoms with van der Waals surface area (Å²) in [4.78, 5) is 0. The van der Waals surface area contributed by atoms with Crippen molar-refractivity contribution in [1.82, 2.24) is 0 Å². The molecule has 0 saturated heterocycles. The molecule has 0 atom stereocenters. The lowest BCUT2D eigenvalue weighted by atomic mass is 10.3. The number of ether oxygens (including phenoxy) is 2. The monoisotopic (exact) mass is 338 g/mol. The molecular formula is C20H38N2O2+2. The highest BCUT2D eigenvalue weighted by Gasteiger charge is 2.17. The van der Waals surface area contributed by atoms with Crippen molar-refractivity contribution < 1.29 is 18.4 Å². The first-order valence-electron chi connectivity index (χ1n) is 9.43. The first-order chi connectivity index (χ1) is 11.4. The topological polar surface area (TPSA) is 18.5 Å². The van der Waals surface area contributed by atoms with Crippen molar-refractivity contribution in [3.8, 4) is 11.5 Å². The van der Waals surface area contributed by atoms with Gasteiger partial charge in [-0.2, -0.15) is 0 Å². The molecule has 0 fully saturated rings. The molecule has 4 heteroatoms.